The fourth-order valence-corrected chi connectivity index (χ4v) is 3.33. The summed E-state index contributed by atoms with van der Waals surface area (Å²) in [5.74, 6) is 0. The van der Waals surface area contributed by atoms with Crippen LogP contribution >= 0.6 is 0 Å². The fourth-order valence-electron chi connectivity index (χ4n) is 3.33. The number of hydrogen-bond acceptors (Lipinski definition) is 2. The van der Waals surface area contributed by atoms with E-state index in [9.17, 15) is 4.79 Å². The first kappa shape index (κ1) is 17.3. The van der Waals surface area contributed by atoms with Crippen LogP contribution in [0.25, 0.3) is 0 Å². The van der Waals surface area contributed by atoms with E-state index < -0.39 is 0 Å². The van der Waals surface area contributed by atoms with Crippen molar-refractivity contribution in [1.82, 2.24) is 10.2 Å². The van der Waals surface area contributed by atoms with Crippen LogP contribution in [0.4, 0.5) is 10.5 Å². The summed E-state index contributed by atoms with van der Waals surface area (Å²) in [6.45, 7) is 9.29. The first-order chi connectivity index (χ1) is 12.0. The summed E-state index contributed by atoms with van der Waals surface area (Å²) in [6.07, 6.45) is 0. The third-order valence-electron chi connectivity index (χ3n) is 4.81. The number of anilines is 1. The van der Waals surface area contributed by atoms with Crippen LogP contribution in [-0.2, 0) is 6.54 Å². The average molecular weight is 337 g/mol. The van der Waals surface area contributed by atoms with Gasteiger partial charge in [-0.05, 0) is 44.0 Å². The second kappa shape index (κ2) is 7.60. The smallest absolute Gasteiger partial charge is 0.317 e. The number of benzene rings is 2. The van der Waals surface area contributed by atoms with E-state index in [0.29, 0.717) is 12.6 Å². The van der Waals surface area contributed by atoms with Gasteiger partial charge in [-0.25, -0.2) is 4.79 Å². The molecule has 2 aromatic carbocycles. The zero-order valence-corrected chi connectivity index (χ0v) is 15.3. The minimum atomic E-state index is 0.0244. The van der Waals surface area contributed by atoms with E-state index in [1.54, 1.807) is 0 Å². The topological polar surface area (TPSA) is 35.6 Å². The number of nitrogens with zero attached hydrogens (tertiary/aromatic N) is 2. The summed E-state index contributed by atoms with van der Waals surface area (Å²) in [4.78, 5) is 16.8. The third kappa shape index (κ3) is 4.32. The van der Waals surface area contributed by atoms with Crippen molar-refractivity contribution in [2.24, 2.45) is 0 Å². The molecule has 132 valence electrons. The molecule has 0 aliphatic carbocycles. The number of carbonyl (C=O) groups excluding carboxylic acids is 1. The van der Waals surface area contributed by atoms with Gasteiger partial charge in [-0.3, -0.25) is 0 Å². The molecule has 1 saturated heterocycles. The van der Waals surface area contributed by atoms with Crippen LogP contribution in [0.15, 0.2) is 48.5 Å². The van der Waals surface area contributed by atoms with E-state index in [4.69, 9.17) is 0 Å². The maximum atomic E-state index is 12.5. The molecule has 0 saturated carbocycles. The van der Waals surface area contributed by atoms with E-state index in [2.05, 4.69) is 79.5 Å². The highest BCUT2D eigenvalue weighted by molar-refractivity contribution is 5.74. The molecule has 1 aliphatic heterocycles. The minimum absolute atomic E-state index is 0.0244. The average Bonchev–Trinajstić information content (AvgIpc) is 2.61. The van der Waals surface area contributed by atoms with Gasteiger partial charge in [0.15, 0.2) is 0 Å². The van der Waals surface area contributed by atoms with Gasteiger partial charge in [-0.15, -0.1) is 0 Å². The lowest BCUT2D eigenvalue weighted by atomic mass is 10.1. The summed E-state index contributed by atoms with van der Waals surface area (Å²) < 4.78 is 0. The van der Waals surface area contributed by atoms with Gasteiger partial charge in [0.05, 0.1) is 0 Å². The molecule has 1 heterocycles. The first-order valence-electron chi connectivity index (χ1n) is 8.94. The Morgan fingerprint density at radius 1 is 1.08 bits per heavy atom. The molecular formula is C21H27N3O. The molecule has 4 heteroatoms. The Labute approximate surface area is 150 Å². The molecule has 1 aliphatic rings. The summed E-state index contributed by atoms with van der Waals surface area (Å²) in [7, 11) is 0. The molecule has 1 fully saturated rings. The van der Waals surface area contributed by atoms with Crippen molar-refractivity contribution < 1.29 is 4.79 Å². The maximum absolute atomic E-state index is 12.5. The van der Waals surface area contributed by atoms with Crippen LogP contribution in [0.2, 0.25) is 0 Å². The lowest BCUT2D eigenvalue weighted by Gasteiger charge is -2.41. The van der Waals surface area contributed by atoms with E-state index in [-0.39, 0.29) is 6.03 Å². The number of carbonyl (C=O) groups is 1. The van der Waals surface area contributed by atoms with Gasteiger partial charge >= 0.3 is 6.03 Å². The Balaban J connectivity index is 1.55. The second-order valence-corrected chi connectivity index (χ2v) is 6.97. The van der Waals surface area contributed by atoms with Gasteiger partial charge in [0.2, 0.25) is 0 Å². The van der Waals surface area contributed by atoms with Crippen molar-refractivity contribution in [3.05, 3.63) is 65.2 Å². The van der Waals surface area contributed by atoms with Crippen molar-refractivity contribution >= 4 is 11.7 Å². The maximum Gasteiger partial charge on any atom is 0.317 e. The van der Waals surface area contributed by atoms with Crippen LogP contribution in [0, 0.1) is 13.8 Å². The molecule has 0 radical (unpaired) electrons. The van der Waals surface area contributed by atoms with Gasteiger partial charge in [-0.1, -0.05) is 42.0 Å². The van der Waals surface area contributed by atoms with Crippen LogP contribution in [-0.4, -0.2) is 36.6 Å². The van der Waals surface area contributed by atoms with E-state index in [0.717, 1.165) is 25.2 Å². The molecule has 1 N–H and O–H groups in total. The number of rotatable bonds is 3. The van der Waals surface area contributed by atoms with Crippen molar-refractivity contribution in [1.29, 1.82) is 0 Å². The summed E-state index contributed by atoms with van der Waals surface area (Å²) in [5, 5.41) is 3.04. The lowest BCUT2D eigenvalue weighted by Crippen LogP contribution is -2.55. The highest BCUT2D eigenvalue weighted by Gasteiger charge is 2.26. The van der Waals surface area contributed by atoms with Gasteiger partial charge in [-0.2, -0.15) is 0 Å². The van der Waals surface area contributed by atoms with Crippen molar-refractivity contribution in [2.75, 3.05) is 24.5 Å². The Morgan fingerprint density at radius 3 is 2.52 bits per heavy atom. The van der Waals surface area contributed by atoms with E-state index >= 15 is 0 Å². The molecule has 0 aromatic heterocycles. The van der Waals surface area contributed by atoms with Crippen LogP contribution < -0.4 is 10.2 Å². The largest absolute Gasteiger partial charge is 0.365 e. The second-order valence-electron chi connectivity index (χ2n) is 6.97. The number of urea groups is 1. The van der Waals surface area contributed by atoms with Gasteiger partial charge in [0, 0.05) is 37.9 Å². The fraction of sp³-hybridized carbons (Fsp3) is 0.381. The quantitative estimate of drug-likeness (QED) is 0.926. The standard InChI is InChI=1S/C21H27N3O/c1-16-7-9-19(10-8-16)14-22-21(25)23-11-12-24(18(3)15-23)20-6-4-5-17(2)13-20/h4-10,13,18H,11-12,14-15H2,1-3H3,(H,22,25). The van der Waals surface area contributed by atoms with Crippen molar-refractivity contribution in [3.8, 4) is 0 Å². The predicted octanol–water partition coefficient (Wildman–Crippen LogP) is 3.72. The van der Waals surface area contributed by atoms with Gasteiger partial charge in [0.1, 0.15) is 0 Å². The molecule has 2 amide bonds. The number of aryl methyl sites for hydroxylation is 2. The summed E-state index contributed by atoms with van der Waals surface area (Å²) in [6, 6.07) is 17.2. The van der Waals surface area contributed by atoms with Gasteiger partial charge < -0.3 is 15.1 Å². The third-order valence-corrected chi connectivity index (χ3v) is 4.81. The number of amides is 2. The lowest BCUT2D eigenvalue weighted by molar-refractivity contribution is 0.186. The first-order valence-corrected chi connectivity index (χ1v) is 8.94. The molecular weight excluding hydrogens is 310 g/mol. The van der Waals surface area contributed by atoms with Crippen LogP contribution in [0.1, 0.15) is 23.6 Å². The zero-order valence-electron chi connectivity index (χ0n) is 15.3. The molecule has 3 rings (SSSR count). The highest BCUT2D eigenvalue weighted by atomic mass is 16.2. The Hall–Kier alpha value is -2.49. The Kier molecular flexibility index (Phi) is 5.27. The number of hydrogen-bond donors (Lipinski definition) is 1. The summed E-state index contributed by atoms with van der Waals surface area (Å²) >= 11 is 0. The molecule has 0 spiro atoms. The zero-order chi connectivity index (χ0) is 17.8. The normalized spacial score (nSPS) is 17.5. The predicted molar refractivity (Wildman–Crippen MR) is 103 cm³/mol. The van der Waals surface area contributed by atoms with Crippen LogP contribution in [0.5, 0.6) is 0 Å². The molecule has 1 atom stereocenters. The SMILES string of the molecule is Cc1ccc(CNC(=O)N2CCN(c3cccc(C)c3)C(C)C2)cc1. The molecule has 4 nitrogen and oxygen atoms in total. The van der Waals surface area contributed by atoms with Crippen LogP contribution in [0.3, 0.4) is 0 Å². The van der Waals surface area contributed by atoms with Crippen molar-refractivity contribution in [2.45, 2.75) is 33.4 Å². The number of piperazine rings is 1. The van der Waals surface area contributed by atoms with E-state index in [1.807, 2.05) is 4.90 Å². The molecule has 1 unspecified atom stereocenters. The van der Waals surface area contributed by atoms with Gasteiger partial charge in [0.25, 0.3) is 0 Å². The highest BCUT2D eigenvalue weighted by Crippen LogP contribution is 2.21. The Morgan fingerprint density at radius 2 is 1.84 bits per heavy atom. The van der Waals surface area contributed by atoms with E-state index in [1.165, 1.54) is 16.8 Å². The number of nitrogens with one attached hydrogen (secondary N) is 1. The molecule has 2 aromatic rings. The Bertz CT molecular complexity index is 726. The molecule has 25 heavy (non-hydrogen) atoms. The molecule has 0 bridgehead atoms. The monoisotopic (exact) mass is 337 g/mol. The summed E-state index contributed by atoms with van der Waals surface area (Å²) in [5.41, 5.74) is 4.87. The van der Waals surface area contributed by atoms with Crippen molar-refractivity contribution in [3.63, 3.8) is 0 Å². The minimum Gasteiger partial charge on any atom is -0.365 e.